The van der Waals surface area contributed by atoms with Crippen LogP contribution in [-0.4, -0.2) is 33.4 Å². The van der Waals surface area contributed by atoms with Crippen molar-refractivity contribution in [1.82, 2.24) is 10.0 Å². The summed E-state index contributed by atoms with van der Waals surface area (Å²) in [6.07, 6.45) is 6.14. The Balaban J connectivity index is 1.47. The molecule has 0 radical (unpaired) electrons. The average Bonchev–Trinajstić information content (AvgIpc) is 2.59. The van der Waals surface area contributed by atoms with E-state index in [0.717, 1.165) is 11.8 Å². The first-order chi connectivity index (χ1) is 12.4. The predicted octanol–water partition coefficient (Wildman–Crippen LogP) is 3.63. The van der Waals surface area contributed by atoms with Gasteiger partial charge in [-0.3, -0.25) is 9.59 Å². The summed E-state index contributed by atoms with van der Waals surface area (Å²) < 4.78 is 13.2. The van der Waals surface area contributed by atoms with Crippen LogP contribution in [0.1, 0.15) is 56.3 Å². The number of hydrogen-bond acceptors (Lipinski definition) is 2. The molecule has 1 aromatic rings. The fourth-order valence-electron chi connectivity index (χ4n) is 6.32. The molecule has 1 heterocycles. The van der Waals surface area contributed by atoms with Gasteiger partial charge in [0, 0.05) is 5.56 Å². The van der Waals surface area contributed by atoms with Crippen LogP contribution in [0.4, 0.5) is 4.39 Å². The van der Waals surface area contributed by atoms with Crippen LogP contribution in [0.25, 0.3) is 0 Å². The van der Waals surface area contributed by atoms with Crippen LogP contribution in [0, 0.1) is 29.5 Å². The van der Waals surface area contributed by atoms with Crippen LogP contribution < -0.4 is 0 Å². The van der Waals surface area contributed by atoms with E-state index in [1.165, 1.54) is 56.4 Å². The predicted molar refractivity (Wildman–Crippen MR) is 94.3 cm³/mol. The molecule has 0 unspecified atom stereocenters. The third-order valence-electron chi connectivity index (χ3n) is 7.22. The van der Waals surface area contributed by atoms with Crippen molar-refractivity contribution in [3.63, 3.8) is 0 Å². The maximum Gasteiger partial charge on any atom is 0.273 e. The normalized spacial score (nSPS) is 37.0. The first-order valence-electron chi connectivity index (χ1n) is 9.80. The smallest absolute Gasteiger partial charge is 0.270 e. The van der Waals surface area contributed by atoms with Gasteiger partial charge in [-0.05, 0) is 93.9 Å². The second-order valence-corrected chi connectivity index (χ2v) is 9.25. The highest BCUT2D eigenvalue weighted by atomic mass is 19.1. The van der Waals surface area contributed by atoms with Crippen LogP contribution >= 0.6 is 0 Å². The van der Waals surface area contributed by atoms with E-state index in [-0.39, 0.29) is 23.7 Å². The summed E-state index contributed by atoms with van der Waals surface area (Å²) in [4.78, 5) is 26.1. The molecule has 5 heteroatoms. The molecule has 26 heavy (non-hydrogen) atoms. The topological polar surface area (TPSA) is 40.6 Å². The van der Waals surface area contributed by atoms with Gasteiger partial charge in [-0.15, -0.1) is 0 Å². The molecule has 1 aliphatic heterocycles. The summed E-state index contributed by atoms with van der Waals surface area (Å²) in [5.74, 6) is 2.16. The van der Waals surface area contributed by atoms with Gasteiger partial charge >= 0.3 is 0 Å². The average molecular weight is 356 g/mol. The number of benzene rings is 1. The largest absolute Gasteiger partial charge is 0.273 e. The highest BCUT2D eigenvalue weighted by molar-refractivity contribution is 6.04. The van der Waals surface area contributed by atoms with Gasteiger partial charge in [-0.2, -0.15) is 0 Å². The Morgan fingerprint density at radius 2 is 1.54 bits per heavy atom. The molecule has 0 atom stereocenters. The standard InChI is InChI=1S/C21H25FN2O2/c1-21(2)20(26)23(24(21)19(25)14-3-5-17(22)6-4-14)18-15-8-12-7-13(10-15)11-16(18)9-12/h3-6,12-13,15-16,18H,7-11H2,1-2H3. The third-order valence-corrected chi connectivity index (χ3v) is 7.22. The SMILES string of the molecule is CC1(C)C(=O)N(C2C3CC4CC(C3)CC2C4)N1C(=O)c1ccc(F)cc1. The number of hydrazine groups is 1. The number of amides is 2. The molecule has 0 N–H and O–H groups in total. The van der Waals surface area contributed by atoms with Crippen molar-refractivity contribution in [1.29, 1.82) is 0 Å². The van der Waals surface area contributed by atoms with Crippen molar-refractivity contribution >= 4 is 11.8 Å². The highest BCUT2D eigenvalue weighted by Gasteiger charge is 2.62. The summed E-state index contributed by atoms with van der Waals surface area (Å²) in [6.45, 7) is 3.62. The van der Waals surface area contributed by atoms with Gasteiger partial charge in [0.15, 0.2) is 0 Å². The highest BCUT2D eigenvalue weighted by Crippen LogP contribution is 2.57. The van der Waals surface area contributed by atoms with E-state index in [1.807, 2.05) is 13.8 Å². The molecule has 1 saturated heterocycles. The maximum absolute atomic E-state index is 13.2. The molecule has 5 fully saturated rings. The summed E-state index contributed by atoms with van der Waals surface area (Å²) in [5.41, 5.74) is -0.402. The van der Waals surface area contributed by atoms with Crippen molar-refractivity contribution in [2.75, 3.05) is 0 Å². The zero-order valence-electron chi connectivity index (χ0n) is 15.3. The molecule has 4 bridgehead atoms. The Kier molecular flexibility index (Phi) is 3.32. The van der Waals surface area contributed by atoms with Gasteiger partial charge in [0.1, 0.15) is 11.4 Å². The molecule has 6 rings (SSSR count). The molecular weight excluding hydrogens is 331 g/mol. The summed E-state index contributed by atoms with van der Waals surface area (Å²) in [7, 11) is 0. The number of rotatable bonds is 2. The zero-order valence-corrected chi connectivity index (χ0v) is 15.3. The lowest BCUT2D eigenvalue weighted by molar-refractivity contribution is -0.230. The molecule has 138 valence electrons. The van der Waals surface area contributed by atoms with Gasteiger partial charge in [-0.25, -0.2) is 14.4 Å². The van der Waals surface area contributed by atoms with Crippen LogP contribution in [0.5, 0.6) is 0 Å². The zero-order chi connectivity index (χ0) is 18.2. The Hall–Kier alpha value is -1.91. The van der Waals surface area contributed by atoms with Gasteiger partial charge < -0.3 is 0 Å². The molecule has 5 aliphatic rings. The lowest BCUT2D eigenvalue weighted by atomic mass is 9.53. The van der Waals surface area contributed by atoms with Gasteiger partial charge in [0.05, 0.1) is 6.04 Å². The Morgan fingerprint density at radius 3 is 2.08 bits per heavy atom. The fraction of sp³-hybridized carbons (Fsp3) is 0.619. The molecule has 0 spiro atoms. The van der Waals surface area contributed by atoms with Crippen LogP contribution in [0.2, 0.25) is 0 Å². The van der Waals surface area contributed by atoms with Crippen molar-refractivity contribution < 1.29 is 14.0 Å². The van der Waals surface area contributed by atoms with Gasteiger partial charge in [0.25, 0.3) is 11.8 Å². The van der Waals surface area contributed by atoms with Gasteiger partial charge in [0.2, 0.25) is 0 Å². The molecule has 4 saturated carbocycles. The van der Waals surface area contributed by atoms with Crippen LogP contribution in [-0.2, 0) is 4.79 Å². The number of halogens is 1. The lowest BCUT2D eigenvalue weighted by Gasteiger charge is -2.65. The van der Waals surface area contributed by atoms with Crippen LogP contribution in [0.3, 0.4) is 0 Å². The maximum atomic E-state index is 13.2. The summed E-state index contributed by atoms with van der Waals surface area (Å²) >= 11 is 0. The Morgan fingerprint density at radius 1 is 1.00 bits per heavy atom. The molecule has 2 amide bonds. The lowest BCUT2D eigenvalue weighted by Crippen LogP contribution is -2.80. The summed E-state index contributed by atoms with van der Waals surface area (Å²) in [5, 5.41) is 3.42. The second kappa shape index (κ2) is 5.30. The van der Waals surface area contributed by atoms with E-state index in [0.29, 0.717) is 17.4 Å². The number of carbonyl (C=O) groups excluding carboxylic acids is 2. The van der Waals surface area contributed by atoms with E-state index < -0.39 is 5.54 Å². The minimum Gasteiger partial charge on any atom is -0.270 e. The molecular formula is C21H25FN2O2. The number of carbonyl (C=O) groups is 2. The minimum atomic E-state index is -0.833. The van der Waals surface area contributed by atoms with E-state index in [2.05, 4.69) is 0 Å². The van der Waals surface area contributed by atoms with Crippen molar-refractivity contribution in [3.8, 4) is 0 Å². The Bertz CT molecular complexity index is 745. The molecule has 1 aromatic carbocycles. The van der Waals surface area contributed by atoms with Crippen molar-refractivity contribution in [3.05, 3.63) is 35.6 Å². The van der Waals surface area contributed by atoms with E-state index in [4.69, 9.17) is 0 Å². The number of hydrogen-bond donors (Lipinski definition) is 0. The fourth-order valence-corrected chi connectivity index (χ4v) is 6.32. The van der Waals surface area contributed by atoms with E-state index in [1.54, 1.807) is 10.0 Å². The molecule has 4 aliphatic carbocycles. The molecule has 0 aromatic heterocycles. The first kappa shape index (κ1) is 16.3. The minimum absolute atomic E-state index is 0.0467. The molecule has 4 nitrogen and oxygen atoms in total. The van der Waals surface area contributed by atoms with Crippen molar-refractivity contribution in [2.24, 2.45) is 23.7 Å². The Labute approximate surface area is 153 Å². The monoisotopic (exact) mass is 356 g/mol. The van der Waals surface area contributed by atoms with E-state index >= 15 is 0 Å². The van der Waals surface area contributed by atoms with E-state index in [9.17, 15) is 14.0 Å². The first-order valence-corrected chi connectivity index (χ1v) is 9.80. The number of nitrogens with zero attached hydrogens (tertiary/aromatic N) is 2. The van der Waals surface area contributed by atoms with Gasteiger partial charge in [-0.1, -0.05) is 0 Å². The second-order valence-electron chi connectivity index (χ2n) is 9.25. The van der Waals surface area contributed by atoms with Crippen molar-refractivity contribution in [2.45, 2.75) is 57.5 Å². The summed E-state index contributed by atoms with van der Waals surface area (Å²) in [6, 6.07) is 5.77. The quantitative estimate of drug-likeness (QED) is 0.812. The third kappa shape index (κ3) is 2.12. The van der Waals surface area contributed by atoms with Crippen LogP contribution in [0.15, 0.2) is 24.3 Å².